The largest absolute Gasteiger partial charge is 0.420 e. The Morgan fingerprint density at radius 3 is 2.00 bits per heavy atom. The summed E-state index contributed by atoms with van der Waals surface area (Å²) in [7, 11) is -4.48. The van der Waals surface area contributed by atoms with Gasteiger partial charge in [0.15, 0.2) is 23.5 Å². The number of hydrogen-bond acceptors (Lipinski definition) is 22. The van der Waals surface area contributed by atoms with Gasteiger partial charge in [-0.2, -0.15) is 20.3 Å². The molecule has 4 atom stereocenters. The Hall–Kier alpha value is -5.36. The number of aromatic nitrogens is 7. The molecular weight excluding hydrogens is 1090 g/mol. The van der Waals surface area contributed by atoms with Crippen molar-refractivity contribution in [2.45, 2.75) is 50.7 Å². The molecule has 4 heterocycles. The normalized spacial score (nSPS) is 16.6. The fraction of sp³-hybridized carbons (Fsp3) is 0.553. The number of fused-ring (bicyclic) bond motifs is 1. The minimum atomic E-state index is -4.48. The maximum atomic E-state index is 13.6. The van der Waals surface area contributed by atoms with Crippen molar-refractivity contribution in [3.8, 4) is 11.8 Å². The van der Waals surface area contributed by atoms with Crippen LogP contribution in [-0.4, -0.2) is 198 Å². The van der Waals surface area contributed by atoms with Crippen LogP contribution in [0.1, 0.15) is 29.5 Å². The van der Waals surface area contributed by atoms with Crippen LogP contribution in [0, 0.1) is 28.8 Å². The highest BCUT2D eigenvalue weighted by atomic mass is 35.5. The minimum absolute atomic E-state index is 0.0655. The Morgan fingerprint density at radius 1 is 0.795 bits per heavy atom. The number of aliphatic hydroxyl groups excluding tert-OH is 2. The summed E-state index contributed by atoms with van der Waals surface area (Å²) in [6.07, 6.45) is -3.32. The Morgan fingerprint density at radius 2 is 1.38 bits per heavy atom. The monoisotopic (exact) mass is 1150 g/mol. The third-order valence-corrected chi connectivity index (χ3v) is 11.6. The van der Waals surface area contributed by atoms with Crippen molar-refractivity contribution in [3.05, 3.63) is 88.3 Å². The second kappa shape index (κ2) is 32.6. The van der Waals surface area contributed by atoms with Crippen molar-refractivity contribution in [2.24, 2.45) is 0 Å². The first kappa shape index (κ1) is 61.8. The van der Waals surface area contributed by atoms with Crippen LogP contribution in [0.3, 0.4) is 0 Å². The van der Waals surface area contributed by atoms with Gasteiger partial charge in [-0.25, -0.2) is 22.5 Å². The molecule has 0 aliphatic carbocycles. The van der Waals surface area contributed by atoms with E-state index in [0.717, 1.165) is 5.56 Å². The van der Waals surface area contributed by atoms with Gasteiger partial charge in [0.2, 0.25) is 11.0 Å². The van der Waals surface area contributed by atoms with E-state index in [2.05, 4.69) is 36.2 Å². The van der Waals surface area contributed by atoms with Crippen LogP contribution in [0.25, 0.3) is 11.0 Å². The van der Waals surface area contributed by atoms with E-state index in [-0.39, 0.29) is 57.0 Å². The highest BCUT2D eigenvalue weighted by molar-refractivity contribution is 7.51. The molecule has 1 aliphatic rings. The number of benzene rings is 2. The number of halogens is 4. The third kappa shape index (κ3) is 20.7. The first-order valence-electron chi connectivity index (χ1n) is 24.3. The van der Waals surface area contributed by atoms with Crippen LogP contribution in [-0.2, 0) is 76.4 Å². The lowest BCUT2D eigenvalue weighted by Gasteiger charge is -2.25. The van der Waals surface area contributed by atoms with Gasteiger partial charge in [0.05, 0.1) is 155 Å². The van der Waals surface area contributed by atoms with E-state index in [4.69, 9.17) is 68.8 Å². The summed E-state index contributed by atoms with van der Waals surface area (Å²) < 4.78 is 114. The lowest BCUT2D eigenvalue weighted by atomic mass is 10.1. The number of anilines is 1. The zero-order chi connectivity index (χ0) is 55.7. The maximum Gasteiger partial charge on any atom is 0.350 e. The molecular formula is C47H60ClF3N9O17P. The second-order valence-corrected chi connectivity index (χ2v) is 18.7. The van der Waals surface area contributed by atoms with E-state index < -0.39 is 74.3 Å². The number of aliphatic hydroxyl groups is 2. The molecule has 0 unspecified atom stereocenters. The van der Waals surface area contributed by atoms with Gasteiger partial charge in [0.1, 0.15) is 42.0 Å². The Labute approximate surface area is 449 Å². The van der Waals surface area contributed by atoms with Gasteiger partial charge in [0, 0.05) is 25.2 Å². The smallest absolute Gasteiger partial charge is 0.350 e. The fourth-order valence-corrected chi connectivity index (χ4v) is 7.73. The van der Waals surface area contributed by atoms with Crippen LogP contribution >= 0.6 is 19.2 Å². The van der Waals surface area contributed by atoms with Gasteiger partial charge in [-0.3, -0.25) is 9.36 Å². The van der Waals surface area contributed by atoms with E-state index in [0.29, 0.717) is 120 Å². The van der Waals surface area contributed by atoms with Crippen LogP contribution in [0.4, 0.5) is 19.0 Å². The van der Waals surface area contributed by atoms with Gasteiger partial charge < -0.3 is 77.0 Å². The quantitative estimate of drug-likeness (QED) is 0.0145. The molecule has 428 valence electrons. The molecule has 4 N–H and O–H groups in total. The van der Waals surface area contributed by atoms with Gasteiger partial charge in [-0.05, 0) is 29.3 Å². The predicted molar refractivity (Wildman–Crippen MR) is 263 cm³/mol. The maximum absolute atomic E-state index is 13.6. The number of hydrogen-bond donors (Lipinski definition) is 4. The molecule has 1 saturated heterocycles. The third-order valence-electron chi connectivity index (χ3n) is 11.0. The highest BCUT2D eigenvalue weighted by Gasteiger charge is 2.45. The molecule has 0 bridgehead atoms. The molecule has 2 aromatic carbocycles. The molecule has 31 heteroatoms. The van der Waals surface area contributed by atoms with Gasteiger partial charge in [-0.15, -0.1) is 5.10 Å². The van der Waals surface area contributed by atoms with E-state index in [1.165, 1.54) is 10.9 Å². The average molecular weight is 1150 g/mol. The molecule has 78 heavy (non-hydrogen) atoms. The molecule has 1 fully saturated rings. The number of nitrogens with zero attached hydrogens (tertiary/aromatic N) is 9. The van der Waals surface area contributed by atoms with E-state index >= 15 is 0 Å². The first-order valence-corrected chi connectivity index (χ1v) is 26.5. The van der Waals surface area contributed by atoms with Crippen molar-refractivity contribution in [2.75, 3.05) is 124 Å². The minimum Gasteiger partial charge on any atom is -0.420 e. The number of carbonyl (C=O) groups excluding carboxylic acids is 1. The summed E-state index contributed by atoms with van der Waals surface area (Å²) in [5.74, 6) is -5.29. The second-order valence-electron chi connectivity index (χ2n) is 16.8. The summed E-state index contributed by atoms with van der Waals surface area (Å²) in [5.41, 5.74) is 2.16. The van der Waals surface area contributed by atoms with E-state index in [9.17, 15) is 38.0 Å². The lowest BCUT2D eigenvalue weighted by molar-refractivity contribution is -0.136. The number of esters is 1. The summed E-state index contributed by atoms with van der Waals surface area (Å²) in [6, 6.07) is 9.94. The highest BCUT2D eigenvalue weighted by Crippen LogP contribution is 2.37. The molecule has 1 aliphatic heterocycles. The molecule has 0 spiro atoms. The molecule has 3 aromatic heterocycles. The van der Waals surface area contributed by atoms with Crippen molar-refractivity contribution in [1.29, 1.82) is 5.26 Å². The molecule has 6 rings (SSSR count). The average Bonchev–Trinajstić information content (AvgIpc) is 4.24. The Kier molecular flexibility index (Phi) is 25.9. The fourth-order valence-electron chi connectivity index (χ4n) is 7.23. The predicted octanol–water partition coefficient (Wildman–Crippen LogP) is 2.47. The van der Waals surface area contributed by atoms with Crippen molar-refractivity contribution in [3.63, 3.8) is 0 Å². The summed E-state index contributed by atoms with van der Waals surface area (Å²) in [6.45, 7) is 5.11. The molecule has 26 nitrogen and oxygen atoms in total. The Bertz CT molecular complexity index is 2680. The first-order chi connectivity index (χ1) is 37.7. The number of nitriles is 1. The van der Waals surface area contributed by atoms with Gasteiger partial charge in [0.25, 0.3) is 0 Å². The van der Waals surface area contributed by atoms with Crippen molar-refractivity contribution < 1.29 is 94.6 Å². The van der Waals surface area contributed by atoms with Crippen LogP contribution < -0.4 is 9.64 Å². The van der Waals surface area contributed by atoms with E-state index in [1.807, 2.05) is 17.0 Å². The zero-order valence-corrected chi connectivity index (χ0v) is 43.7. The van der Waals surface area contributed by atoms with Crippen LogP contribution in [0.2, 0.25) is 5.28 Å². The molecule has 0 amide bonds. The zero-order valence-electron chi connectivity index (χ0n) is 42.1. The van der Waals surface area contributed by atoms with E-state index in [1.54, 1.807) is 23.0 Å². The topological polar surface area (TPSA) is 318 Å². The molecule has 0 radical (unpaired) electrons. The Balaban J connectivity index is 0.776. The number of ether oxygens (including phenoxy) is 11. The van der Waals surface area contributed by atoms with Crippen LogP contribution in [0.5, 0.6) is 5.75 Å². The summed E-state index contributed by atoms with van der Waals surface area (Å²) in [4.78, 5) is 40.7. The van der Waals surface area contributed by atoms with Crippen LogP contribution in [0.15, 0.2) is 48.8 Å². The van der Waals surface area contributed by atoms with Crippen molar-refractivity contribution >= 4 is 42.0 Å². The molecule has 5 aromatic rings. The SMILES string of the molecule is N#Cc1ccc(CN(CCOCCOCCOCCOCc2cn(CCOCCOCCOCCOCCC(=O)Oc3c(F)cc(F)cc3F)nn2)c2nc(Cl)nc3c2cnn3[C@@H]2O[C@H](COCP(=O)(O)O)[C@@H](O)[C@H]2O)cc1. The standard InChI is InChI=1S/C47H60ClF3N9O17P/c48-47-54-44(36-26-53-60(45(36)55-47)46-42(63)41(62)39(76-46)30-75-31-78(64,65)66)58(27-33-3-1-32(25-52)2-4-33)6-9-68-12-15-71-19-20-73-21-22-74-29-35-28-59(57-56-35)7-10-69-13-16-72-18-17-70-14-11-67-8-5-40(61)77-43-37(50)23-34(49)24-38(43)51/h1-4,23-24,26,28,39,41-42,46,62-63H,5-22,27,29-31H2,(H2,64,65,66)/t39-,41-,42-,46-/m1/s1. The molecule has 0 saturated carbocycles. The summed E-state index contributed by atoms with van der Waals surface area (Å²) in [5, 5.41) is 43.7. The summed E-state index contributed by atoms with van der Waals surface area (Å²) >= 11 is 6.45. The van der Waals surface area contributed by atoms with Crippen molar-refractivity contribution in [1.82, 2.24) is 34.7 Å². The van der Waals surface area contributed by atoms with Gasteiger partial charge in [-0.1, -0.05) is 17.3 Å². The number of carbonyl (C=O) groups is 1. The lowest BCUT2D eigenvalue weighted by Crippen LogP contribution is -2.34. The number of rotatable bonds is 38. The van der Waals surface area contributed by atoms with Gasteiger partial charge >= 0.3 is 13.6 Å².